The monoisotopic (exact) mass is 768 g/mol. The topological polar surface area (TPSA) is 25.8 Å². The smallest absolute Gasteiger partial charge is 0.285 e. The van der Waals surface area contributed by atoms with Gasteiger partial charge in [-0.2, -0.15) is 18.6 Å². The van der Waals surface area contributed by atoms with E-state index in [0.717, 1.165) is 27.6 Å². The molecule has 0 amide bonds. The van der Waals surface area contributed by atoms with Crippen LogP contribution in [0.5, 0.6) is 0 Å². The van der Waals surface area contributed by atoms with Crippen LogP contribution < -0.4 is 0 Å². The molecule has 1 heterocycles. The van der Waals surface area contributed by atoms with Crippen molar-refractivity contribution >= 4 is 32.4 Å². The molecule has 0 aliphatic carbocycles. The van der Waals surface area contributed by atoms with Gasteiger partial charge in [-0.3, -0.25) is 9.97 Å². The molecule has 0 fully saturated rings. The van der Waals surface area contributed by atoms with E-state index >= 15 is 0 Å². The Morgan fingerprint density at radius 2 is 1.30 bits per heavy atom. The van der Waals surface area contributed by atoms with Crippen LogP contribution in [0, 0.1) is 32.9 Å². The third kappa shape index (κ3) is 6.34. The molecule has 1 aromatic heterocycles. The molecule has 0 spiro atoms. The van der Waals surface area contributed by atoms with Crippen molar-refractivity contribution in [3.8, 4) is 33.6 Å². The first kappa shape index (κ1) is 30.9. The molecule has 7 aromatic carbocycles. The molecule has 0 atom stereocenters. The number of fused-ring (bicyclic) bond motifs is 4. The first-order valence-corrected chi connectivity index (χ1v) is 15.1. The van der Waals surface area contributed by atoms with Gasteiger partial charge in [-0.1, -0.05) is 104 Å². The van der Waals surface area contributed by atoms with E-state index in [-0.39, 0.29) is 20.1 Å². The standard InChI is InChI=1S/C24H15N2.C19H16.Ir/c1-3-9-17(10-4-1)21-15-23-22(20-14-8-7-13-19(20)21)16-25-24(26-23)18-11-5-2-6-12-18;1-13-8-14(2)10-18(9-13)19-12-17-7-5-4-6-16(17)11-15(19)3;/h1-11,13-16H;4-9,11-12H,3H2,1-2H3;/q-1;-2;+3. The van der Waals surface area contributed by atoms with Crippen LogP contribution in [0.2, 0.25) is 0 Å². The van der Waals surface area contributed by atoms with E-state index in [0.29, 0.717) is 5.82 Å². The quantitative estimate of drug-likeness (QED) is 0.132. The molecule has 0 aliphatic rings. The molecule has 0 bridgehead atoms. The fourth-order valence-corrected chi connectivity index (χ4v) is 5.98. The van der Waals surface area contributed by atoms with Gasteiger partial charge in [0.2, 0.25) is 0 Å². The molecule has 2 nitrogen and oxygen atoms in total. The first-order chi connectivity index (χ1) is 22.0. The summed E-state index contributed by atoms with van der Waals surface area (Å²) in [5.41, 5.74) is 10.0. The zero-order valence-corrected chi connectivity index (χ0v) is 28.1. The molecular weight excluding hydrogens is 737 g/mol. The maximum absolute atomic E-state index is 4.84. The van der Waals surface area contributed by atoms with Crippen molar-refractivity contribution in [1.29, 1.82) is 0 Å². The van der Waals surface area contributed by atoms with Crippen LogP contribution in [0.4, 0.5) is 0 Å². The number of hydrogen-bond acceptors (Lipinski definition) is 2. The van der Waals surface area contributed by atoms with Gasteiger partial charge in [-0.05, 0) is 33.4 Å². The second-order valence-electron chi connectivity index (χ2n) is 11.3. The predicted octanol–water partition coefficient (Wildman–Crippen LogP) is 11.0. The fraction of sp³-hybridized carbons (Fsp3) is 0.0465. The summed E-state index contributed by atoms with van der Waals surface area (Å²) in [6.07, 6.45) is 1.93. The Bertz CT molecular complexity index is 2270. The maximum atomic E-state index is 4.84. The molecule has 46 heavy (non-hydrogen) atoms. The molecule has 0 aliphatic heterocycles. The zero-order valence-electron chi connectivity index (χ0n) is 25.7. The number of aromatic nitrogens is 2. The van der Waals surface area contributed by atoms with Gasteiger partial charge >= 0.3 is 20.1 Å². The van der Waals surface area contributed by atoms with E-state index < -0.39 is 0 Å². The second kappa shape index (κ2) is 13.5. The van der Waals surface area contributed by atoms with Crippen LogP contribution >= 0.6 is 0 Å². The van der Waals surface area contributed by atoms with Crippen molar-refractivity contribution in [3.05, 3.63) is 175 Å². The molecule has 8 aromatic rings. The average Bonchev–Trinajstić information content (AvgIpc) is 3.08. The van der Waals surface area contributed by atoms with E-state index in [2.05, 4.69) is 141 Å². The minimum absolute atomic E-state index is 0. The number of aryl methyl sites for hydroxylation is 2. The van der Waals surface area contributed by atoms with Crippen molar-refractivity contribution in [2.75, 3.05) is 0 Å². The van der Waals surface area contributed by atoms with E-state index in [4.69, 9.17) is 4.98 Å². The Balaban J connectivity index is 0.000000166. The predicted molar refractivity (Wildman–Crippen MR) is 189 cm³/mol. The van der Waals surface area contributed by atoms with Crippen molar-refractivity contribution in [2.24, 2.45) is 0 Å². The molecule has 3 heteroatoms. The zero-order chi connectivity index (χ0) is 30.8. The van der Waals surface area contributed by atoms with Gasteiger partial charge in [0.15, 0.2) is 0 Å². The Hall–Kier alpha value is -5.08. The Morgan fingerprint density at radius 3 is 2.04 bits per heavy atom. The summed E-state index contributed by atoms with van der Waals surface area (Å²) in [6, 6.07) is 52.6. The Morgan fingerprint density at radius 1 is 0.609 bits per heavy atom. The fourth-order valence-electron chi connectivity index (χ4n) is 5.98. The largest absolute Gasteiger partial charge is 3.00 e. The Kier molecular flexibility index (Phi) is 9.08. The van der Waals surface area contributed by atoms with Crippen LogP contribution in [-0.4, -0.2) is 9.97 Å². The van der Waals surface area contributed by atoms with Gasteiger partial charge in [-0.25, -0.2) is 0 Å². The third-order valence-corrected chi connectivity index (χ3v) is 8.05. The molecule has 8 rings (SSSR count). The van der Waals surface area contributed by atoms with Crippen molar-refractivity contribution in [3.63, 3.8) is 0 Å². The number of hydrogen-bond donors (Lipinski definition) is 0. The third-order valence-electron chi connectivity index (χ3n) is 8.05. The molecule has 0 N–H and O–H groups in total. The number of nitrogens with zero attached hydrogens (tertiary/aromatic N) is 2. The van der Waals surface area contributed by atoms with Crippen LogP contribution in [0.1, 0.15) is 16.7 Å². The summed E-state index contributed by atoms with van der Waals surface area (Å²) in [4.78, 5) is 9.43. The summed E-state index contributed by atoms with van der Waals surface area (Å²) in [5.74, 6) is 0.701. The summed E-state index contributed by atoms with van der Waals surface area (Å²) in [5, 5.41) is 5.94. The molecular formula is C43H31IrN2. The van der Waals surface area contributed by atoms with E-state index in [1.54, 1.807) is 0 Å². The molecule has 0 radical (unpaired) electrons. The van der Waals surface area contributed by atoms with Gasteiger partial charge in [0.1, 0.15) is 0 Å². The van der Waals surface area contributed by atoms with E-state index in [1.807, 2.05) is 36.5 Å². The van der Waals surface area contributed by atoms with Crippen LogP contribution in [0.3, 0.4) is 0 Å². The van der Waals surface area contributed by atoms with E-state index in [9.17, 15) is 0 Å². The minimum Gasteiger partial charge on any atom is -0.285 e. The van der Waals surface area contributed by atoms with Crippen molar-refractivity contribution in [2.45, 2.75) is 13.8 Å². The average molecular weight is 768 g/mol. The summed E-state index contributed by atoms with van der Waals surface area (Å²) in [7, 11) is 0. The summed E-state index contributed by atoms with van der Waals surface area (Å²) in [6.45, 7) is 8.39. The number of rotatable bonds is 3. The summed E-state index contributed by atoms with van der Waals surface area (Å²) < 4.78 is 0. The number of benzene rings is 7. The first-order valence-electron chi connectivity index (χ1n) is 15.1. The normalized spacial score (nSPS) is 10.7. The molecule has 0 unspecified atom stereocenters. The van der Waals surface area contributed by atoms with Crippen LogP contribution in [0.25, 0.3) is 66.1 Å². The van der Waals surface area contributed by atoms with Gasteiger partial charge < -0.3 is 0 Å². The molecule has 0 saturated heterocycles. The van der Waals surface area contributed by atoms with Crippen LogP contribution in [0.15, 0.2) is 140 Å². The molecule has 222 valence electrons. The van der Waals surface area contributed by atoms with Crippen LogP contribution in [-0.2, 0) is 20.1 Å². The van der Waals surface area contributed by atoms with Gasteiger partial charge in [0.25, 0.3) is 0 Å². The SMILES string of the molecule is [CH2-]c1cc2ccccc2cc1-c1[c-]c(C)cc(C)c1.[Ir+3].[c-]1ccccc1-c1ncc2c(cc(-c3ccccc3)c3ccccc32)n1. The Labute approximate surface area is 284 Å². The van der Waals surface area contributed by atoms with Gasteiger partial charge in [0.05, 0.1) is 11.3 Å². The molecule has 0 saturated carbocycles. The minimum atomic E-state index is 0. The van der Waals surface area contributed by atoms with E-state index in [1.165, 1.54) is 49.4 Å². The summed E-state index contributed by atoms with van der Waals surface area (Å²) >= 11 is 0. The maximum Gasteiger partial charge on any atom is 3.00 e. The van der Waals surface area contributed by atoms with Crippen molar-refractivity contribution in [1.82, 2.24) is 9.97 Å². The van der Waals surface area contributed by atoms with Crippen molar-refractivity contribution < 1.29 is 20.1 Å². The van der Waals surface area contributed by atoms with Gasteiger partial charge in [-0.15, -0.1) is 76.3 Å². The second-order valence-corrected chi connectivity index (χ2v) is 11.3. The van der Waals surface area contributed by atoms with Gasteiger partial charge in [0, 0.05) is 11.6 Å².